The second kappa shape index (κ2) is 6.25. The van der Waals surface area contributed by atoms with Crippen molar-refractivity contribution < 1.29 is 9.90 Å². The number of primary amides is 2. The van der Waals surface area contributed by atoms with Gasteiger partial charge < -0.3 is 16.6 Å². The molecule has 0 spiro atoms. The largest absolute Gasteiger partial charge is 0.358 e. The number of aliphatic hydroxyl groups excluding tert-OH is 1. The van der Waals surface area contributed by atoms with Gasteiger partial charge in [-0.05, 0) is 0 Å². The highest BCUT2D eigenvalue weighted by Crippen LogP contribution is 2.72. The van der Waals surface area contributed by atoms with Gasteiger partial charge >= 0.3 is 11.4 Å². The molecule has 0 bridgehead atoms. The summed E-state index contributed by atoms with van der Waals surface area (Å²) in [6, 6.07) is -0.833. The number of rotatable bonds is 1. The molecule has 2 amide bonds. The number of hydrogen-bond acceptors (Lipinski definition) is 2. The highest BCUT2D eigenvalue weighted by molar-refractivity contribution is 8.32. The first-order valence-electron chi connectivity index (χ1n) is 1.92. The fourth-order valence-electron chi connectivity index (χ4n) is 0. The molecule has 0 rings (SSSR count). The van der Waals surface area contributed by atoms with E-state index in [1.54, 1.807) is 0 Å². The van der Waals surface area contributed by atoms with Gasteiger partial charge in [0.2, 0.25) is 6.35 Å². The second-order valence-corrected chi connectivity index (χ2v) is 9.23. The third-order valence-electron chi connectivity index (χ3n) is 0.160. The van der Waals surface area contributed by atoms with Crippen LogP contribution < -0.4 is 11.5 Å². The Morgan fingerprint density at radius 2 is 1.50 bits per heavy atom. The predicted molar refractivity (Wildman–Crippen MR) is 45.3 cm³/mol. The molecule has 0 aliphatic rings. The number of hydrogen-bond donors (Lipinski definition) is 3. The van der Waals surface area contributed by atoms with Crippen molar-refractivity contribution in [2.45, 2.75) is 0 Å². The van der Waals surface area contributed by atoms with Crippen LogP contribution >= 0.6 is 39.0 Å². The summed E-state index contributed by atoms with van der Waals surface area (Å²) in [4.78, 5) is 9.00. The maximum Gasteiger partial charge on any atom is 0.333 e. The molecule has 5 N–H and O–H groups in total. The molecule has 0 atom stereocenters. The van der Waals surface area contributed by atoms with E-state index in [-0.39, 0.29) is 6.35 Å². The maximum atomic E-state index is 9.00. The zero-order chi connectivity index (χ0) is 8.78. The molecule has 62 valence electrons. The minimum Gasteiger partial charge on any atom is -0.358 e. The smallest absolute Gasteiger partial charge is 0.333 e. The molecule has 0 aromatic rings. The Morgan fingerprint density at radius 1 is 1.40 bits per heavy atom. The van der Waals surface area contributed by atoms with E-state index in [0.717, 1.165) is 0 Å². The number of carbonyl (C=O) groups excluding carboxylic acids is 1. The van der Waals surface area contributed by atoms with Crippen molar-refractivity contribution in [1.29, 1.82) is 0 Å². The Morgan fingerprint density at radius 3 is 1.50 bits per heavy atom. The summed E-state index contributed by atoms with van der Waals surface area (Å²) in [5, 5.41) is 5.63. The minimum absolute atomic E-state index is 0.322. The number of nitrogens with two attached hydrogens (primary N) is 2. The van der Waals surface area contributed by atoms with E-state index < -0.39 is 11.4 Å². The molecule has 0 unspecified atom stereocenters. The van der Waals surface area contributed by atoms with E-state index in [9.17, 15) is 0 Å². The monoisotopic (exact) mass is 227 g/mol. The number of amides is 2. The van der Waals surface area contributed by atoms with Crippen molar-refractivity contribution in [2.75, 3.05) is 6.35 Å². The van der Waals surface area contributed by atoms with Crippen molar-refractivity contribution in [2.24, 2.45) is 11.5 Å². The molecule has 0 fully saturated rings. The van der Waals surface area contributed by atoms with Crippen LogP contribution in [0.3, 0.4) is 0 Å². The summed E-state index contributed by atoms with van der Waals surface area (Å²) >= 11 is 15.3. The SMILES string of the molecule is NC(N)=O.OC[P+](Cl)(Cl)Cl. The van der Waals surface area contributed by atoms with E-state index in [2.05, 4.69) is 11.5 Å². The molecule has 0 heterocycles. The van der Waals surface area contributed by atoms with E-state index in [4.69, 9.17) is 43.6 Å². The summed E-state index contributed by atoms with van der Waals surface area (Å²) in [6.07, 6.45) is -0.322. The van der Waals surface area contributed by atoms with Gasteiger partial charge in [0, 0.05) is 0 Å². The van der Waals surface area contributed by atoms with Gasteiger partial charge in [-0.25, -0.2) is 4.79 Å². The van der Waals surface area contributed by atoms with Crippen LogP contribution in [0.4, 0.5) is 4.79 Å². The van der Waals surface area contributed by atoms with Gasteiger partial charge in [0.05, 0.1) is 0 Å². The lowest BCUT2D eigenvalue weighted by Gasteiger charge is -1.87. The summed E-state index contributed by atoms with van der Waals surface area (Å²) in [5.41, 5.74) is 8.50. The van der Waals surface area contributed by atoms with Gasteiger partial charge in [-0.2, -0.15) is 0 Å². The lowest BCUT2D eigenvalue weighted by molar-refractivity contribution is 0.256. The zero-order valence-electron chi connectivity index (χ0n) is 4.80. The molecule has 0 saturated carbocycles. The van der Waals surface area contributed by atoms with Gasteiger partial charge in [-0.3, -0.25) is 0 Å². The van der Waals surface area contributed by atoms with Crippen LogP contribution in [0.2, 0.25) is 0 Å². The molecule has 0 saturated heterocycles. The Balaban J connectivity index is 0. The molecule has 10 heavy (non-hydrogen) atoms. The van der Waals surface area contributed by atoms with Crippen molar-refractivity contribution in [3.63, 3.8) is 0 Å². The molecular formula is C2H7Cl3N2O2P+. The standard InChI is InChI=1S/CH3Cl3OP.CH4N2O/c2-6(3,4)1-5;2-1(3)4/h5H,1H2;(H4,2,3,4)/q+1;. The molecule has 0 aromatic heterocycles. The van der Waals surface area contributed by atoms with Crippen molar-refractivity contribution in [3.05, 3.63) is 0 Å². The average Bonchev–Trinajstić information content (AvgIpc) is 1.63. The highest BCUT2D eigenvalue weighted by atomic mass is 36.1. The number of halogens is 3. The normalized spacial score (nSPS) is 9.60. The van der Waals surface area contributed by atoms with Crippen LogP contribution in [0.15, 0.2) is 0 Å². The van der Waals surface area contributed by atoms with Crippen LogP contribution in [0.1, 0.15) is 0 Å². The molecular weight excluding hydrogens is 221 g/mol. The van der Waals surface area contributed by atoms with E-state index in [1.807, 2.05) is 0 Å². The van der Waals surface area contributed by atoms with Crippen molar-refractivity contribution in [1.82, 2.24) is 0 Å². The molecule has 0 radical (unpaired) electrons. The van der Waals surface area contributed by atoms with Crippen LogP contribution in [0.5, 0.6) is 0 Å². The van der Waals surface area contributed by atoms with E-state index in [0.29, 0.717) is 0 Å². The van der Waals surface area contributed by atoms with Gasteiger partial charge in [-0.15, -0.1) is 0 Å². The van der Waals surface area contributed by atoms with Crippen molar-refractivity contribution in [3.8, 4) is 0 Å². The van der Waals surface area contributed by atoms with Crippen LogP contribution in [-0.4, -0.2) is 17.5 Å². The first-order chi connectivity index (χ1) is 4.29. The molecule has 8 heteroatoms. The molecule has 0 aliphatic heterocycles. The van der Waals surface area contributed by atoms with Crippen LogP contribution in [0.25, 0.3) is 0 Å². The Kier molecular flexibility index (Phi) is 8.22. The van der Waals surface area contributed by atoms with Crippen LogP contribution in [0, 0.1) is 0 Å². The Labute approximate surface area is 73.1 Å². The van der Waals surface area contributed by atoms with Crippen LogP contribution in [-0.2, 0) is 0 Å². The predicted octanol–water partition coefficient (Wildman–Crippen LogP) is 1.44. The fourth-order valence-corrected chi connectivity index (χ4v) is 0. The molecule has 0 aliphatic carbocycles. The highest BCUT2D eigenvalue weighted by Gasteiger charge is 2.30. The lowest BCUT2D eigenvalue weighted by Crippen LogP contribution is -2.18. The Hall–Kier alpha value is 0.530. The molecule has 4 nitrogen and oxygen atoms in total. The summed E-state index contributed by atoms with van der Waals surface area (Å²) in [7, 11) is 0. The zero-order valence-corrected chi connectivity index (χ0v) is 7.96. The van der Waals surface area contributed by atoms with Gasteiger partial charge in [-0.1, -0.05) is 0 Å². The third kappa shape index (κ3) is 38.8. The summed E-state index contributed by atoms with van der Waals surface area (Å²) in [6.45, 7) is 0. The first kappa shape index (κ1) is 13.1. The minimum atomic E-state index is -2.42. The maximum absolute atomic E-state index is 9.00. The fraction of sp³-hybridized carbons (Fsp3) is 0.500. The second-order valence-electron chi connectivity index (χ2n) is 1.09. The molecule has 0 aromatic carbocycles. The van der Waals surface area contributed by atoms with Gasteiger partial charge in [0.15, 0.2) is 0 Å². The summed E-state index contributed by atoms with van der Waals surface area (Å²) in [5.74, 6) is 0. The van der Waals surface area contributed by atoms with Gasteiger partial charge in [0.1, 0.15) is 33.7 Å². The first-order valence-corrected chi connectivity index (χ1v) is 6.61. The average molecular weight is 228 g/mol. The van der Waals surface area contributed by atoms with E-state index in [1.165, 1.54) is 0 Å². The van der Waals surface area contributed by atoms with Crippen molar-refractivity contribution >= 4 is 45.1 Å². The third-order valence-corrected chi connectivity index (χ3v) is 1.44. The van der Waals surface area contributed by atoms with E-state index >= 15 is 0 Å². The summed E-state index contributed by atoms with van der Waals surface area (Å²) < 4.78 is 0. The number of aliphatic hydroxyl groups is 1. The number of carbonyl (C=O) groups is 1. The topological polar surface area (TPSA) is 89.3 Å². The number of urea groups is 1. The quantitative estimate of drug-likeness (QED) is 0.593. The Bertz CT molecular complexity index is 101. The van der Waals surface area contributed by atoms with Gasteiger partial charge in [0.25, 0.3) is 0 Å². The lowest BCUT2D eigenvalue weighted by atomic mass is 11.2.